The lowest BCUT2D eigenvalue weighted by atomic mass is 9.97. The summed E-state index contributed by atoms with van der Waals surface area (Å²) in [6, 6.07) is 21.4. The molecule has 1 unspecified atom stereocenters. The van der Waals surface area contributed by atoms with Gasteiger partial charge < -0.3 is 14.5 Å². The van der Waals surface area contributed by atoms with Crippen molar-refractivity contribution in [1.29, 1.82) is 0 Å². The van der Waals surface area contributed by atoms with Gasteiger partial charge in [-0.15, -0.1) is 0 Å². The van der Waals surface area contributed by atoms with Crippen LogP contribution in [0.4, 0.5) is 5.69 Å². The Morgan fingerprint density at radius 3 is 2.70 bits per heavy atom. The van der Waals surface area contributed by atoms with Gasteiger partial charge in [0, 0.05) is 12.8 Å². The summed E-state index contributed by atoms with van der Waals surface area (Å²) in [5, 5.41) is 2.96. The molecule has 0 bridgehead atoms. The third-order valence-corrected chi connectivity index (χ3v) is 6.12. The number of rotatable bonds is 6. The van der Waals surface area contributed by atoms with Crippen LogP contribution in [0.25, 0.3) is 11.1 Å². The molecular weight excluding hydrogens is 416 g/mol. The topological polar surface area (TPSA) is 81.4 Å². The number of carbonyl (C=O) groups excluding carboxylic acids is 2. The number of ether oxygens (including phenoxy) is 1. The number of anilines is 1. The zero-order chi connectivity index (χ0) is 22.8. The summed E-state index contributed by atoms with van der Waals surface area (Å²) in [5.41, 5.74) is 5.31. The highest BCUT2D eigenvalue weighted by Crippen LogP contribution is 2.36. The zero-order valence-corrected chi connectivity index (χ0v) is 18.3. The summed E-state index contributed by atoms with van der Waals surface area (Å²) in [6.45, 7) is 0. The minimum Gasteiger partial charge on any atom is -0.465 e. The summed E-state index contributed by atoms with van der Waals surface area (Å²) in [6.07, 6.45) is 2.82. The predicted octanol–water partition coefficient (Wildman–Crippen LogP) is 5.26. The Morgan fingerprint density at radius 2 is 1.88 bits per heavy atom. The standard InChI is InChI=1S/C27H24N2O4/c1-32-27(31)20-14-22(28-24(30)16-19-12-11-18-9-5-6-10-21(18)19)26-23(15-20)29-25(33-26)13-17-7-3-2-4-8-17/h2-10,14-15,19H,11-13,16H2,1H3,(H,28,30). The molecule has 0 spiro atoms. The Bertz CT molecular complexity index is 1330. The summed E-state index contributed by atoms with van der Waals surface area (Å²) in [4.78, 5) is 29.8. The van der Waals surface area contributed by atoms with Crippen LogP contribution in [0.15, 0.2) is 71.1 Å². The molecule has 1 atom stereocenters. The molecule has 6 heteroatoms. The third-order valence-electron chi connectivity index (χ3n) is 6.12. The summed E-state index contributed by atoms with van der Waals surface area (Å²) in [7, 11) is 1.33. The number of nitrogens with one attached hydrogen (secondary N) is 1. The van der Waals surface area contributed by atoms with Gasteiger partial charge in [-0.05, 0) is 47.6 Å². The van der Waals surface area contributed by atoms with E-state index in [2.05, 4.69) is 22.4 Å². The second kappa shape index (κ2) is 8.90. The maximum atomic E-state index is 13.0. The molecule has 0 radical (unpaired) electrons. The van der Waals surface area contributed by atoms with E-state index in [9.17, 15) is 9.59 Å². The molecule has 1 aromatic heterocycles. The Labute approximate surface area is 191 Å². The van der Waals surface area contributed by atoms with Crippen LogP contribution < -0.4 is 5.32 Å². The Balaban J connectivity index is 1.43. The number of benzene rings is 3. The molecule has 0 fully saturated rings. The number of amides is 1. The van der Waals surface area contributed by atoms with Crippen LogP contribution in [0.3, 0.4) is 0 Å². The zero-order valence-electron chi connectivity index (χ0n) is 18.3. The maximum Gasteiger partial charge on any atom is 0.338 e. The van der Waals surface area contributed by atoms with Gasteiger partial charge in [0.1, 0.15) is 5.52 Å². The van der Waals surface area contributed by atoms with E-state index in [4.69, 9.17) is 9.15 Å². The molecule has 166 valence electrons. The van der Waals surface area contributed by atoms with Gasteiger partial charge in [-0.25, -0.2) is 9.78 Å². The lowest BCUT2D eigenvalue weighted by Crippen LogP contribution is -2.15. The van der Waals surface area contributed by atoms with Crippen molar-refractivity contribution in [3.63, 3.8) is 0 Å². The van der Waals surface area contributed by atoms with Crippen molar-refractivity contribution in [2.24, 2.45) is 0 Å². The number of hydrogen-bond acceptors (Lipinski definition) is 5. The fraction of sp³-hybridized carbons (Fsp3) is 0.222. The smallest absolute Gasteiger partial charge is 0.338 e. The number of oxazole rings is 1. The van der Waals surface area contributed by atoms with E-state index in [0.29, 0.717) is 41.1 Å². The molecule has 0 saturated carbocycles. The molecule has 1 aliphatic rings. The van der Waals surface area contributed by atoms with E-state index in [1.807, 2.05) is 42.5 Å². The highest BCUT2D eigenvalue weighted by atomic mass is 16.5. The van der Waals surface area contributed by atoms with Crippen LogP contribution in [0, 0.1) is 0 Å². The van der Waals surface area contributed by atoms with Crippen molar-refractivity contribution < 1.29 is 18.7 Å². The van der Waals surface area contributed by atoms with Gasteiger partial charge in [-0.2, -0.15) is 0 Å². The van der Waals surface area contributed by atoms with E-state index >= 15 is 0 Å². The fourth-order valence-corrected chi connectivity index (χ4v) is 4.54. The minimum atomic E-state index is -0.496. The molecule has 1 aliphatic carbocycles. The van der Waals surface area contributed by atoms with E-state index in [1.54, 1.807) is 12.1 Å². The first-order valence-electron chi connectivity index (χ1n) is 11.0. The predicted molar refractivity (Wildman–Crippen MR) is 125 cm³/mol. The van der Waals surface area contributed by atoms with Crippen LogP contribution >= 0.6 is 0 Å². The molecule has 0 saturated heterocycles. The average molecular weight is 440 g/mol. The quantitative estimate of drug-likeness (QED) is 0.414. The normalized spacial score (nSPS) is 14.8. The molecule has 1 heterocycles. The molecule has 3 aromatic carbocycles. The maximum absolute atomic E-state index is 13.0. The molecule has 5 rings (SSSR count). The van der Waals surface area contributed by atoms with E-state index in [-0.39, 0.29) is 11.8 Å². The first kappa shape index (κ1) is 20.9. The largest absolute Gasteiger partial charge is 0.465 e. The number of aryl methyl sites for hydroxylation is 1. The van der Waals surface area contributed by atoms with Crippen LogP contribution in [0.5, 0.6) is 0 Å². The molecular formula is C27H24N2O4. The first-order valence-corrected chi connectivity index (χ1v) is 11.0. The first-order chi connectivity index (χ1) is 16.1. The van der Waals surface area contributed by atoms with Gasteiger partial charge in [0.15, 0.2) is 11.5 Å². The molecule has 0 aliphatic heterocycles. The van der Waals surface area contributed by atoms with E-state index in [0.717, 1.165) is 18.4 Å². The summed E-state index contributed by atoms with van der Waals surface area (Å²) >= 11 is 0. The number of hydrogen-bond donors (Lipinski definition) is 1. The average Bonchev–Trinajstić information content (AvgIpc) is 3.43. The van der Waals surface area contributed by atoms with Crippen LogP contribution in [-0.2, 0) is 22.4 Å². The number of esters is 1. The van der Waals surface area contributed by atoms with Crippen molar-refractivity contribution in [1.82, 2.24) is 4.98 Å². The van der Waals surface area contributed by atoms with Crippen molar-refractivity contribution in [3.05, 3.63) is 94.9 Å². The van der Waals surface area contributed by atoms with Gasteiger partial charge in [-0.1, -0.05) is 54.6 Å². The van der Waals surface area contributed by atoms with Crippen molar-refractivity contribution >= 4 is 28.7 Å². The monoisotopic (exact) mass is 440 g/mol. The van der Waals surface area contributed by atoms with Crippen LogP contribution in [-0.4, -0.2) is 24.0 Å². The number of fused-ring (bicyclic) bond motifs is 2. The SMILES string of the molecule is COC(=O)c1cc(NC(=O)CC2CCc3ccccc32)c2oc(Cc3ccccc3)nc2c1. The fourth-order valence-electron chi connectivity index (χ4n) is 4.54. The number of carbonyl (C=O) groups is 2. The van der Waals surface area contributed by atoms with Crippen molar-refractivity contribution in [2.45, 2.75) is 31.6 Å². The Morgan fingerprint density at radius 1 is 1.09 bits per heavy atom. The van der Waals surface area contributed by atoms with Gasteiger partial charge in [0.25, 0.3) is 0 Å². The Kier molecular flexibility index (Phi) is 5.65. The second-order valence-corrected chi connectivity index (χ2v) is 8.32. The number of methoxy groups -OCH3 is 1. The van der Waals surface area contributed by atoms with Crippen LogP contribution in [0.1, 0.15) is 51.7 Å². The van der Waals surface area contributed by atoms with Crippen molar-refractivity contribution in [2.75, 3.05) is 12.4 Å². The molecule has 4 aromatic rings. The third kappa shape index (κ3) is 4.37. The van der Waals surface area contributed by atoms with E-state index in [1.165, 1.54) is 18.2 Å². The molecule has 6 nitrogen and oxygen atoms in total. The van der Waals surface area contributed by atoms with Gasteiger partial charge >= 0.3 is 5.97 Å². The molecule has 33 heavy (non-hydrogen) atoms. The highest BCUT2D eigenvalue weighted by Gasteiger charge is 2.25. The van der Waals surface area contributed by atoms with Gasteiger partial charge in [-0.3, -0.25) is 4.79 Å². The minimum absolute atomic E-state index is 0.124. The lowest BCUT2D eigenvalue weighted by molar-refractivity contribution is -0.116. The van der Waals surface area contributed by atoms with Crippen LogP contribution in [0.2, 0.25) is 0 Å². The number of nitrogens with zero attached hydrogens (tertiary/aromatic N) is 1. The number of aromatic nitrogens is 1. The summed E-state index contributed by atoms with van der Waals surface area (Å²) < 4.78 is 10.9. The molecule has 1 amide bonds. The van der Waals surface area contributed by atoms with Gasteiger partial charge in [0.2, 0.25) is 5.91 Å². The van der Waals surface area contributed by atoms with Gasteiger partial charge in [0.05, 0.1) is 18.4 Å². The second-order valence-electron chi connectivity index (χ2n) is 8.32. The lowest BCUT2D eigenvalue weighted by Gasteiger charge is -2.12. The summed E-state index contributed by atoms with van der Waals surface area (Å²) in [5.74, 6) is 0.0769. The molecule has 1 N–H and O–H groups in total. The van der Waals surface area contributed by atoms with Crippen molar-refractivity contribution in [3.8, 4) is 0 Å². The van der Waals surface area contributed by atoms with E-state index < -0.39 is 5.97 Å². The highest BCUT2D eigenvalue weighted by molar-refractivity contribution is 6.03. The Hall–Kier alpha value is -3.93.